The van der Waals surface area contributed by atoms with Crippen molar-refractivity contribution in [3.8, 4) is 0 Å². The van der Waals surface area contributed by atoms with Gasteiger partial charge in [-0.05, 0) is 40.9 Å². The third-order valence-corrected chi connectivity index (χ3v) is 6.34. The van der Waals surface area contributed by atoms with E-state index >= 15 is 0 Å². The number of halogens is 2. The monoisotopic (exact) mass is 365 g/mol. The molecule has 6 heteroatoms. The molecule has 1 saturated carbocycles. The highest BCUT2D eigenvalue weighted by atomic mass is 79.9. The minimum absolute atomic E-state index is 0.0238. The Bertz CT molecular complexity index is 519. The summed E-state index contributed by atoms with van der Waals surface area (Å²) in [5, 5.41) is 0.246. The molecular weight excluding hydrogens is 350 g/mol. The van der Waals surface area contributed by atoms with Gasteiger partial charge in [0, 0.05) is 10.5 Å². The number of hydrogen-bond donors (Lipinski definition) is 1. The quantitative estimate of drug-likeness (QED) is 0.818. The molecule has 3 nitrogen and oxygen atoms in total. The average molecular weight is 367 g/mol. The first-order valence-electron chi connectivity index (χ1n) is 6.47. The molecule has 106 valence electrons. The van der Waals surface area contributed by atoms with Gasteiger partial charge in [-0.15, -0.1) is 0 Å². The van der Waals surface area contributed by atoms with E-state index in [1.165, 1.54) is 12.8 Å². The maximum atomic E-state index is 12.4. The Morgan fingerprint density at radius 2 is 1.79 bits per heavy atom. The molecular formula is C13H17BrClNO2S. The zero-order chi connectivity index (χ0) is 13.9. The summed E-state index contributed by atoms with van der Waals surface area (Å²) in [5.41, 5.74) is 0. The Kier molecular flexibility index (Phi) is 5.29. The second kappa shape index (κ2) is 6.57. The minimum atomic E-state index is -3.57. The van der Waals surface area contributed by atoms with Gasteiger partial charge in [-0.2, -0.15) is 0 Å². The van der Waals surface area contributed by atoms with Crippen molar-refractivity contribution in [2.24, 2.45) is 0 Å². The number of hydrogen-bond acceptors (Lipinski definition) is 2. The molecule has 1 N–H and O–H groups in total. The Morgan fingerprint density at radius 3 is 2.37 bits per heavy atom. The van der Waals surface area contributed by atoms with Gasteiger partial charge in [0.2, 0.25) is 10.0 Å². The van der Waals surface area contributed by atoms with Crippen molar-refractivity contribution in [3.63, 3.8) is 0 Å². The van der Waals surface area contributed by atoms with Crippen LogP contribution in [0.5, 0.6) is 0 Å². The standard InChI is InChI=1S/C13H17BrClNO2S/c14-11-8-5-9-12(15)13(11)19(17,18)16-10-6-3-1-2-4-7-10/h5,8-10,16H,1-4,6-7H2. The van der Waals surface area contributed by atoms with E-state index in [0.717, 1.165) is 25.7 Å². The van der Waals surface area contributed by atoms with Crippen LogP contribution >= 0.6 is 27.5 Å². The summed E-state index contributed by atoms with van der Waals surface area (Å²) in [7, 11) is -3.57. The highest BCUT2D eigenvalue weighted by molar-refractivity contribution is 9.10. The summed E-state index contributed by atoms with van der Waals surface area (Å²) in [6.07, 6.45) is 6.35. The highest BCUT2D eigenvalue weighted by Crippen LogP contribution is 2.30. The van der Waals surface area contributed by atoms with Crippen molar-refractivity contribution in [3.05, 3.63) is 27.7 Å². The molecule has 0 bridgehead atoms. The van der Waals surface area contributed by atoms with E-state index in [9.17, 15) is 8.42 Å². The Hall–Kier alpha value is -0.100. The molecule has 2 rings (SSSR count). The average Bonchev–Trinajstić information content (AvgIpc) is 2.56. The minimum Gasteiger partial charge on any atom is -0.208 e. The SMILES string of the molecule is O=S(=O)(NC1CCCCCC1)c1c(Cl)cccc1Br. The first-order valence-corrected chi connectivity index (χ1v) is 9.12. The van der Waals surface area contributed by atoms with Gasteiger partial charge in [0.05, 0.1) is 5.02 Å². The topological polar surface area (TPSA) is 46.2 Å². The van der Waals surface area contributed by atoms with Gasteiger partial charge in [-0.3, -0.25) is 0 Å². The van der Waals surface area contributed by atoms with Crippen LogP contribution in [-0.4, -0.2) is 14.5 Å². The van der Waals surface area contributed by atoms with Gasteiger partial charge in [0.15, 0.2) is 0 Å². The predicted molar refractivity (Wildman–Crippen MR) is 81.0 cm³/mol. The molecule has 1 fully saturated rings. The van der Waals surface area contributed by atoms with Gasteiger partial charge in [-0.25, -0.2) is 13.1 Å². The van der Waals surface area contributed by atoms with Crippen LogP contribution in [0.1, 0.15) is 38.5 Å². The van der Waals surface area contributed by atoms with Gasteiger partial charge >= 0.3 is 0 Å². The molecule has 1 aromatic rings. The fourth-order valence-electron chi connectivity index (χ4n) is 2.41. The van der Waals surface area contributed by atoms with E-state index in [1.807, 2.05) is 0 Å². The van der Waals surface area contributed by atoms with Crippen molar-refractivity contribution in [1.29, 1.82) is 0 Å². The highest BCUT2D eigenvalue weighted by Gasteiger charge is 2.25. The van der Waals surface area contributed by atoms with E-state index < -0.39 is 10.0 Å². The van der Waals surface area contributed by atoms with E-state index in [1.54, 1.807) is 18.2 Å². The number of sulfonamides is 1. The molecule has 0 heterocycles. The smallest absolute Gasteiger partial charge is 0.208 e. The van der Waals surface area contributed by atoms with Crippen molar-refractivity contribution in [1.82, 2.24) is 4.72 Å². The second-order valence-corrected chi connectivity index (χ2v) is 7.77. The van der Waals surface area contributed by atoms with Crippen molar-refractivity contribution < 1.29 is 8.42 Å². The number of nitrogens with one attached hydrogen (secondary N) is 1. The summed E-state index contributed by atoms with van der Waals surface area (Å²) in [6.45, 7) is 0. The summed E-state index contributed by atoms with van der Waals surface area (Å²) in [6, 6.07) is 5.02. The molecule has 0 atom stereocenters. The molecule has 1 aliphatic carbocycles. The molecule has 0 aliphatic heterocycles. The molecule has 0 amide bonds. The Morgan fingerprint density at radius 1 is 1.16 bits per heavy atom. The van der Waals surface area contributed by atoms with Gasteiger partial charge in [0.1, 0.15) is 4.90 Å². The van der Waals surface area contributed by atoms with E-state index in [4.69, 9.17) is 11.6 Å². The molecule has 19 heavy (non-hydrogen) atoms. The lowest BCUT2D eigenvalue weighted by Crippen LogP contribution is -2.34. The zero-order valence-corrected chi connectivity index (χ0v) is 13.7. The Balaban J connectivity index is 2.22. The first kappa shape index (κ1) is 15.3. The van der Waals surface area contributed by atoms with Gasteiger partial charge < -0.3 is 0 Å². The summed E-state index contributed by atoms with van der Waals surface area (Å²) in [5.74, 6) is 0. The van der Waals surface area contributed by atoms with E-state index in [-0.39, 0.29) is 16.0 Å². The second-order valence-electron chi connectivity index (χ2n) is 4.86. The van der Waals surface area contributed by atoms with Crippen LogP contribution < -0.4 is 4.72 Å². The van der Waals surface area contributed by atoms with Crippen LogP contribution in [0, 0.1) is 0 Å². The molecule has 0 spiro atoms. The van der Waals surface area contributed by atoms with Crippen LogP contribution in [0.15, 0.2) is 27.6 Å². The molecule has 0 saturated heterocycles. The maximum Gasteiger partial charge on any atom is 0.243 e. The molecule has 0 unspecified atom stereocenters. The van der Waals surface area contributed by atoms with Crippen LogP contribution in [0.25, 0.3) is 0 Å². The predicted octanol–water partition coefficient (Wildman–Crippen LogP) is 4.10. The Labute approximate surface area is 127 Å². The van der Waals surface area contributed by atoms with Crippen LogP contribution in [0.4, 0.5) is 0 Å². The lowest BCUT2D eigenvalue weighted by Gasteiger charge is -2.17. The summed E-state index contributed by atoms with van der Waals surface area (Å²) < 4.78 is 28.1. The lowest BCUT2D eigenvalue weighted by molar-refractivity contribution is 0.509. The zero-order valence-electron chi connectivity index (χ0n) is 10.5. The third-order valence-electron chi connectivity index (χ3n) is 3.36. The molecule has 1 aliphatic rings. The van der Waals surface area contributed by atoms with Crippen LogP contribution in [-0.2, 0) is 10.0 Å². The molecule has 0 aromatic heterocycles. The summed E-state index contributed by atoms with van der Waals surface area (Å²) >= 11 is 9.27. The van der Waals surface area contributed by atoms with Gasteiger partial charge in [-0.1, -0.05) is 43.4 Å². The third kappa shape index (κ3) is 3.94. The number of rotatable bonds is 3. The normalized spacial score (nSPS) is 18.2. The molecule has 0 radical (unpaired) electrons. The van der Waals surface area contributed by atoms with Gasteiger partial charge in [0.25, 0.3) is 0 Å². The van der Waals surface area contributed by atoms with E-state index in [2.05, 4.69) is 20.7 Å². The fraction of sp³-hybridized carbons (Fsp3) is 0.538. The first-order chi connectivity index (χ1) is 9.00. The van der Waals surface area contributed by atoms with Crippen LogP contribution in [0.3, 0.4) is 0 Å². The van der Waals surface area contributed by atoms with Crippen molar-refractivity contribution >= 4 is 37.6 Å². The maximum absolute atomic E-state index is 12.4. The number of benzene rings is 1. The van der Waals surface area contributed by atoms with Crippen molar-refractivity contribution in [2.45, 2.75) is 49.5 Å². The lowest BCUT2D eigenvalue weighted by atomic mass is 10.1. The molecule has 1 aromatic carbocycles. The van der Waals surface area contributed by atoms with E-state index in [0.29, 0.717) is 4.47 Å². The van der Waals surface area contributed by atoms with Crippen molar-refractivity contribution in [2.75, 3.05) is 0 Å². The fourth-order valence-corrected chi connectivity index (χ4v) is 5.46. The summed E-state index contributed by atoms with van der Waals surface area (Å²) in [4.78, 5) is 0.140. The largest absolute Gasteiger partial charge is 0.243 e. The van der Waals surface area contributed by atoms with Crippen LogP contribution in [0.2, 0.25) is 5.02 Å².